The van der Waals surface area contributed by atoms with Crippen LogP contribution in [0, 0.1) is 18.2 Å². The van der Waals surface area contributed by atoms with Crippen molar-refractivity contribution in [2.75, 3.05) is 5.32 Å². The quantitative estimate of drug-likeness (QED) is 0.529. The third-order valence-electron chi connectivity index (χ3n) is 4.78. The molecule has 3 aromatic heterocycles. The molecule has 0 unspecified atom stereocenters. The summed E-state index contributed by atoms with van der Waals surface area (Å²) < 4.78 is 15.7. The Morgan fingerprint density at radius 1 is 1.10 bits per heavy atom. The zero-order chi connectivity index (χ0) is 21.5. The fourth-order valence-electron chi connectivity index (χ4n) is 2.94. The summed E-state index contributed by atoms with van der Waals surface area (Å²) in [6, 6.07) is 11.9. The van der Waals surface area contributed by atoms with Crippen molar-refractivity contribution >= 4 is 17.2 Å². The van der Waals surface area contributed by atoms with Gasteiger partial charge in [0.15, 0.2) is 5.65 Å². The van der Waals surface area contributed by atoms with Crippen LogP contribution >= 0.6 is 0 Å². The van der Waals surface area contributed by atoms with Crippen LogP contribution < -0.4 is 5.32 Å². The molecule has 0 radical (unpaired) electrons. The first-order valence-corrected chi connectivity index (χ1v) is 9.62. The lowest BCUT2D eigenvalue weighted by Crippen LogP contribution is -2.28. The van der Waals surface area contributed by atoms with E-state index in [1.54, 1.807) is 47.2 Å². The molecule has 1 amide bonds. The van der Waals surface area contributed by atoms with Gasteiger partial charge in [-0.05, 0) is 37.3 Å². The van der Waals surface area contributed by atoms with Crippen molar-refractivity contribution in [1.29, 1.82) is 0 Å². The molecule has 3 heterocycles. The van der Waals surface area contributed by atoms with Crippen LogP contribution in [0.5, 0.6) is 0 Å². The summed E-state index contributed by atoms with van der Waals surface area (Å²) in [5, 5.41) is 7.43. The van der Waals surface area contributed by atoms with Crippen LogP contribution in [0.25, 0.3) is 28.2 Å². The average Bonchev–Trinajstić information content (AvgIpc) is 3.12. The predicted octanol–water partition coefficient (Wildman–Crippen LogP) is 4.89. The molecular weight excluding hydrogens is 381 g/mol. The number of carbonyl (C=O) groups excluding carboxylic acids is 1. The molecule has 0 spiro atoms. The van der Waals surface area contributed by atoms with Crippen LogP contribution in [0.1, 0.15) is 26.5 Å². The number of nitrogens with one attached hydrogen (secondary N) is 1. The van der Waals surface area contributed by atoms with Gasteiger partial charge in [-0.3, -0.25) is 9.78 Å². The third kappa shape index (κ3) is 3.78. The first kappa shape index (κ1) is 19.7. The van der Waals surface area contributed by atoms with Gasteiger partial charge in [0, 0.05) is 22.7 Å². The zero-order valence-corrected chi connectivity index (χ0v) is 17.3. The molecule has 4 aromatic rings. The van der Waals surface area contributed by atoms with E-state index in [0.717, 1.165) is 11.3 Å². The van der Waals surface area contributed by atoms with Gasteiger partial charge in [-0.25, -0.2) is 13.9 Å². The monoisotopic (exact) mass is 403 g/mol. The van der Waals surface area contributed by atoms with Crippen LogP contribution in [-0.4, -0.2) is 25.5 Å². The molecule has 4 rings (SSSR count). The minimum atomic E-state index is -0.515. The van der Waals surface area contributed by atoms with Crippen LogP contribution in [-0.2, 0) is 4.79 Å². The van der Waals surface area contributed by atoms with Gasteiger partial charge >= 0.3 is 0 Å². The molecule has 152 valence electrons. The molecule has 0 saturated heterocycles. The van der Waals surface area contributed by atoms with E-state index < -0.39 is 5.41 Å². The summed E-state index contributed by atoms with van der Waals surface area (Å²) in [5.74, 6) is -0.414. The average molecular weight is 403 g/mol. The maximum atomic E-state index is 14.1. The molecule has 7 heteroatoms. The largest absolute Gasteiger partial charge is 0.324 e. The molecule has 1 N–H and O–H groups in total. The van der Waals surface area contributed by atoms with E-state index in [4.69, 9.17) is 0 Å². The number of anilines is 1. The molecule has 0 saturated carbocycles. The molecule has 0 atom stereocenters. The van der Waals surface area contributed by atoms with Gasteiger partial charge in [0.25, 0.3) is 0 Å². The van der Waals surface area contributed by atoms with E-state index in [-0.39, 0.29) is 11.7 Å². The molecule has 6 nitrogen and oxygen atoms in total. The second kappa shape index (κ2) is 7.33. The second-order valence-electron chi connectivity index (χ2n) is 8.19. The highest BCUT2D eigenvalue weighted by Crippen LogP contribution is 2.26. The second-order valence-corrected chi connectivity index (χ2v) is 8.19. The lowest BCUT2D eigenvalue weighted by atomic mass is 9.95. The molecule has 0 bridgehead atoms. The summed E-state index contributed by atoms with van der Waals surface area (Å²) in [5.41, 5.74) is 3.84. The normalized spacial score (nSPS) is 11.6. The number of benzene rings is 1. The lowest BCUT2D eigenvalue weighted by molar-refractivity contribution is -0.123. The lowest BCUT2D eigenvalue weighted by Gasteiger charge is -2.18. The minimum Gasteiger partial charge on any atom is -0.324 e. The highest BCUT2D eigenvalue weighted by Gasteiger charge is 2.22. The Labute approximate surface area is 173 Å². The maximum absolute atomic E-state index is 14.1. The Balaban J connectivity index is 1.71. The van der Waals surface area contributed by atoms with Gasteiger partial charge in [0.1, 0.15) is 5.82 Å². The van der Waals surface area contributed by atoms with Crippen molar-refractivity contribution in [3.05, 3.63) is 66.4 Å². The number of carbonyl (C=O) groups is 1. The number of hydrogen-bond acceptors (Lipinski definition) is 4. The fourth-order valence-corrected chi connectivity index (χ4v) is 2.94. The van der Waals surface area contributed by atoms with Gasteiger partial charge in [-0.2, -0.15) is 5.10 Å². The number of halogens is 1. The Bertz CT molecular complexity index is 1260. The molecule has 1 aromatic carbocycles. The van der Waals surface area contributed by atoms with E-state index in [9.17, 15) is 9.18 Å². The number of amides is 1. The summed E-state index contributed by atoms with van der Waals surface area (Å²) in [4.78, 5) is 21.4. The molecule has 0 aliphatic carbocycles. The van der Waals surface area contributed by atoms with Crippen LogP contribution in [0.4, 0.5) is 10.1 Å². The predicted molar refractivity (Wildman–Crippen MR) is 114 cm³/mol. The molecule has 0 fully saturated rings. The first-order valence-electron chi connectivity index (χ1n) is 9.62. The van der Waals surface area contributed by atoms with Gasteiger partial charge in [0.05, 0.1) is 29.0 Å². The van der Waals surface area contributed by atoms with E-state index in [0.29, 0.717) is 28.3 Å². The smallest absolute Gasteiger partial charge is 0.229 e. The molecule has 0 aliphatic rings. The molecular formula is C23H22FN5O. The zero-order valence-electron chi connectivity index (χ0n) is 17.3. The number of pyridine rings is 1. The number of rotatable bonds is 3. The number of hydrogen-bond donors (Lipinski definition) is 1. The van der Waals surface area contributed by atoms with Gasteiger partial charge < -0.3 is 5.32 Å². The van der Waals surface area contributed by atoms with Crippen molar-refractivity contribution in [3.63, 3.8) is 0 Å². The summed E-state index contributed by atoms with van der Waals surface area (Å²) in [7, 11) is 0. The van der Waals surface area contributed by atoms with Crippen molar-refractivity contribution in [1.82, 2.24) is 19.6 Å². The van der Waals surface area contributed by atoms with E-state index in [1.807, 2.05) is 33.8 Å². The number of aromatic nitrogens is 4. The van der Waals surface area contributed by atoms with E-state index in [2.05, 4.69) is 20.4 Å². The van der Waals surface area contributed by atoms with Crippen molar-refractivity contribution in [2.24, 2.45) is 5.41 Å². The van der Waals surface area contributed by atoms with Crippen LogP contribution in [0.3, 0.4) is 0 Å². The van der Waals surface area contributed by atoms with E-state index >= 15 is 0 Å². The Kier molecular flexibility index (Phi) is 4.81. The van der Waals surface area contributed by atoms with Crippen molar-refractivity contribution < 1.29 is 9.18 Å². The number of fused-ring (bicyclic) bond motifs is 1. The third-order valence-corrected chi connectivity index (χ3v) is 4.78. The highest BCUT2D eigenvalue weighted by atomic mass is 19.1. The first-order chi connectivity index (χ1) is 14.2. The van der Waals surface area contributed by atoms with Crippen molar-refractivity contribution in [2.45, 2.75) is 27.7 Å². The van der Waals surface area contributed by atoms with Crippen LogP contribution in [0.15, 0.2) is 54.9 Å². The molecule has 30 heavy (non-hydrogen) atoms. The molecule has 0 aliphatic heterocycles. The Hall–Kier alpha value is -3.61. The van der Waals surface area contributed by atoms with Gasteiger partial charge in [0.2, 0.25) is 5.91 Å². The van der Waals surface area contributed by atoms with Crippen molar-refractivity contribution in [3.8, 4) is 22.5 Å². The van der Waals surface area contributed by atoms with Gasteiger partial charge in [-0.1, -0.05) is 32.9 Å². The summed E-state index contributed by atoms with van der Waals surface area (Å²) in [6.07, 6.45) is 3.48. The summed E-state index contributed by atoms with van der Waals surface area (Å²) in [6.45, 7) is 7.41. The summed E-state index contributed by atoms with van der Waals surface area (Å²) >= 11 is 0. The Morgan fingerprint density at radius 3 is 2.60 bits per heavy atom. The maximum Gasteiger partial charge on any atom is 0.229 e. The number of aryl methyl sites for hydroxylation is 1. The number of nitrogens with zero attached hydrogens (tertiary/aromatic N) is 4. The Morgan fingerprint density at radius 2 is 1.87 bits per heavy atom. The number of imidazole rings is 1. The standard InChI is InChI=1S/C23H22FN5O/c1-14-19(27-22(30)23(2,3)4)11-15(12-25-14)20-13-29-21(26-20)10-9-18(28-29)16-7-5-6-8-17(16)24/h5-13H,1-4H3,(H,27,30). The van der Waals surface area contributed by atoms with E-state index in [1.165, 1.54) is 6.07 Å². The fraction of sp³-hybridized carbons (Fsp3) is 0.217. The van der Waals surface area contributed by atoms with Crippen LogP contribution in [0.2, 0.25) is 0 Å². The van der Waals surface area contributed by atoms with Gasteiger partial charge in [-0.15, -0.1) is 0 Å². The topological polar surface area (TPSA) is 72.2 Å². The minimum absolute atomic E-state index is 0.0873. The SMILES string of the molecule is Cc1ncc(-c2cn3nc(-c4ccccc4F)ccc3n2)cc1NC(=O)C(C)(C)C. The highest BCUT2D eigenvalue weighted by molar-refractivity contribution is 5.95.